The molecule has 14 rings (SSSR count). The first kappa shape index (κ1) is 42.5. The van der Waals surface area contributed by atoms with Crippen molar-refractivity contribution in [3.05, 3.63) is 283 Å². The second-order valence-corrected chi connectivity index (χ2v) is 19.2. The second kappa shape index (κ2) is 17.5. The number of para-hydroxylation sites is 1. The van der Waals surface area contributed by atoms with Gasteiger partial charge in [0, 0.05) is 27.6 Å². The molecule has 2 aromatic heterocycles. The van der Waals surface area contributed by atoms with E-state index in [4.69, 9.17) is 4.42 Å². The number of fused-ring (bicyclic) bond motifs is 6. The van der Waals surface area contributed by atoms with E-state index in [2.05, 4.69) is 245 Å². The highest BCUT2D eigenvalue weighted by atomic mass is 16.4. The maximum Gasteiger partial charge on any atom is 0.248 e. The van der Waals surface area contributed by atoms with Gasteiger partial charge < -0.3 is 8.98 Å². The minimum Gasteiger partial charge on any atom is -0.416 e. The maximum absolute atomic E-state index is 6.08. The molecule has 1 atom stereocenters. The van der Waals surface area contributed by atoms with Gasteiger partial charge in [0.25, 0.3) is 0 Å². The van der Waals surface area contributed by atoms with E-state index in [0.717, 1.165) is 46.3 Å². The van der Waals surface area contributed by atoms with Crippen LogP contribution in [0.3, 0.4) is 0 Å². The van der Waals surface area contributed by atoms with Gasteiger partial charge in [0.2, 0.25) is 11.8 Å². The van der Waals surface area contributed by atoms with Crippen LogP contribution in [-0.4, -0.2) is 14.8 Å². The number of rotatable bonds is 9. The fourth-order valence-electron chi connectivity index (χ4n) is 11.9. The zero-order chi connectivity index (χ0) is 48.3. The minimum atomic E-state index is -0.372. The summed E-state index contributed by atoms with van der Waals surface area (Å²) in [5, 5.41) is 11.1. The van der Waals surface area contributed by atoms with E-state index in [-0.39, 0.29) is 5.41 Å². The fraction of sp³-hybridized carbons (Fsp3) is 0.0435. The molecule has 0 amide bonds. The third kappa shape index (κ3) is 6.98. The Hall–Kier alpha value is -9.38. The van der Waals surface area contributed by atoms with Crippen LogP contribution in [0.4, 0.5) is 0 Å². The van der Waals surface area contributed by atoms with Crippen LogP contribution >= 0.6 is 0 Å². The summed E-state index contributed by atoms with van der Waals surface area (Å²) in [6.45, 7) is 0. The molecule has 344 valence electrons. The molecule has 2 heterocycles. The molecule has 0 saturated carbocycles. The van der Waals surface area contributed by atoms with Crippen LogP contribution in [-0.2, 0) is 5.41 Å². The Morgan fingerprint density at radius 2 is 0.904 bits per heavy atom. The first-order valence-corrected chi connectivity index (χ1v) is 25.2. The average Bonchev–Trinajstić information content (AvgIpc) is 4.18. The van der Waals surface area contributed by atoms with Crippen molar-refractivity contribution < 1.29 is 4.42 Å². The van der Waals surface area contributed by atoms with Gasteiger partial charge in [-0.2, -0.15) is 0 Å². The van der Waals surface area contributed by atoms with Crippen molar-refractivity contribution >= 4 is 21.8 Å². The molecular weight excluding hydrogens is 887 g/mol. The van der Waals surface area contributed by atoms with Crippen molar-refractivity contribution in [3.63, 3.8) is 0 Å². The molecule has 12 aromatic rings. The third-order valence-electron chi connectivity index (χ3n) is 15.2. The van der Waals surface area contributed by atoms with Crippen molar-refractivity contribution in [2.45, 2.75) is 18.3 Å². The normalized spacial score (nSPS) is 14.8. The summed E-state index contributed by atoms with van der Waals surface area (Å²) in [5.74, 6) is 1.00. The Labute approximate surface area is 424 Å². The summed E-state index contributed by atoms with van der Waals surface area (Å²) in [4.78, 5) is 0. The maximum atomic E-state index is 6.08. The standard InChI is InChI=1S/C69H47N3O/c1-4-18-48(19-5-1)67-70-71-68(73-67)49-34-32-46(33-35-49)55-24-10-12-26-57(55)58-27-13-11-25-56(58)47-36-40-54(41-37-47)72-65-31-17-15-29-61(65)62-44-50(39-43-66(62)72)51-38-42-60-59-28-14-16-30-63(59)69(64(60)45-51,52-20-6-2-7-21-52)53-22-8-3-9-23-53/h1-8,10-22,24-45H,9,23H2. The van der Waals surface area contributed by atoms with Crippen LogP contribution in [0.15, 0.2) is 271 Å². The van der Waals surface area contributed by atoms with Crippen LogP contribution in [0, 0.1) is 0 Å². The Kier molecular flexibility index (Phi) is 10.2. The van der Waals surface area contributed by atoms with E-state index in [1.54, 1.807) is 0 Å². The number of benzene rings is 10. The first-order chi connectivity index (χ1) is 36.2. The lowest BCUT2D eigenvalue weighted by molar-refractivity contribution is 0.584. The molecule has 0 fully saturated rings. The van der Waals surface area contributed by atoms with Crippen molar-refractivity contribution in [3.8, 4) is 84.2 Å². The minimum absolute atomic E-state index is 0.372. The molecule has 0 N–H and O–H groups in total. The lowest BCUT2D eigenvalue weighted by Gasteiger charge is -2.37. The van der Waals surface area contributed by atoms with E-state index in [1.165, 1.54) is 83.0 Å². The van der Waals surface area contributed by atoms with Gasteiger partial charge in [0.1, 0.15) is 0 Å². The molecule has 2 aliphatic carbocycles. The zero-order valence-corrected chi connectivity index (χ0v) is 40.0. The van der Waals surface area contributed by atoms with E-state index in [0.29, 0.717) is 11.8 Å². The SMILES string of the molecule is C1=CCCC(C2(c3ccccc3)c3ccccc3-c3ccc(-c4ccc5c(c4)c4ccccc4n5-c4ccc(-c5ccccc5-c5ccccc5-c5ccc(-c6nnc(-c7ccccc7)o6)cc5)cc4)cc32)=C1. The van der Waals surface area contributed by atoms with Gasteiger partial charge in [-0.25, -0.2) is 0 Å². The van der Waals surface area contributed by atoms with Crippen LogP contribution < -0.4 is 0 Å². The summed E-state index contributed by atoms with van der Waals surface area (Å²) in [5.41, 5.74) is 22.4. The summed E-state index contributed by atoms with van der Waals surface area (Å²) < 4.78 is 8.50. The quantitative estimate of drug-likeness (QED) is 0.145. The van der Waals surface area contributed by atoms with Gasteiger partial charge in [-0.3, -0.25) is 0 Å². The van der Waals surface area contributed by atoms with E-state index < -0.39 is 0 Å². The largest absolute Gasteiger partial charge is 0.416 e. The van der Waals surface area contributed by atoms with Crippen LogP contribution in [0.25, 0.3) is 106 Å². The summed E-state index contributed by atoms with van der Waals surface area (Å²) >= 11 is 0. The molecule has 0 radical (unpaired) electrons. The van der Waals surface area contributed by atoms with Crippen LogP contribution in [0.2, 0.25) is 0 Å². The average molecular weight is 934 g/mol. The van der Waals surface area contributed by atoms with Gasteiger partial charge in [-0.15, -0.1) is 10.2 Å². The smallest absolute Gasteiger partial charge is 0.248 e. The highest BCUT2D eigenvalue weighted by Gasteiger charge is 2.47. The van der Waals surface area contributed by atoms with E-state index >= 15 is 0 Å². The number of aromatic nitrogens is 3. The third-order valence-corrected chi connectivity index (χ3v) is 15.2. The Morgan fingerprint density at radius 3 is 1.60 bits per heavy atom. The van der Waals surface area contributed by atoms with Gasteiger partial charge in [-0.05, 0) is 146 Å². The molecule has 4 nitrogen and oxygen atoms in total. The highest BCUT2D eigenvalue weighted by molar-refractivity contribution is 6.10. The summed E-state index contributed by atoms with van der Waals surface area (Å²) in [6.07, 6.45) is 9.00. The molecule has 1 unspecified atom stereocenters. The Morgan fingerprint density at radius 1 is 0.384 bits per heavy atom. The van der Waals surface area contributed by atoms with Gasteiger partial charge in [-0.1, -0.05) is 206 Å². The second-order valence-electron chi connectivity index (χ2n) is 19.2. The Bertz CT molecular complexity index is 4120. The topological polar surface area (TPSA) is 43.9 Å². The molecule has 0 spiro atoms. The molecule has 73 heavy (non-hydrogen) atoms. The van der Waals surface area contributed by atoms with E-state index in [9.17, 15) is 0 Å². The van der Waals surface area contributed by atoms with Gasteiger partial charge in [0.05, 0.1) is 16.4 Å². The monoisotopic (exact) mass is 933 g/mol. The molecule has 0 saturated heterocycles. The number of allylic oxidation sites excluding steroid dienone is 4. The molecule has 2 aliphatic rings. The van der Waals surface area contributed by atoms with Crippen molar-refractivity contribution in [2.24, 2.45) is 0 Å². The van der Waals surface area contributed by atoms with Crippen LogP contribution in [0.1, 0.15) is 29.5 Å². The number of hydrogen-bond acceptors (Lipinski definition) is 3. The summed E-state index contributed by atoms with van der Waals surface area (Å²) in [6, 6.07) is 88.0. The number of hydrogen-bond donors (Lipinski definition) is 0. The van der Waals surface area contributed by atoms with Crippen LogP contribution in [0.5, 0.6) is 0 Å². The highest BCUT2D eigenvalue weighted by Crippen LogP contribution is 2.58. The number of nitrogens with zero attached hydrogens (tertiary/aromatic N) is 3. The molecular formula is C69H47N3O. The molecule has 0 aliphatic heterocycles. The molecule has 0 bridgehead atoms. The van der Waals surface area contributed by atoms with Gasteiger partial charge >= 0.3 is 0 Å². The molecule has 10 aromatic carbocycles. The molecule has 4 heteroatoms. The fourth-order valence-corrected chi connectivity index (χ4v) is 11.9. The lowest BCUT2D eigenvalue weighted by Crippen LogP contribution is -2.30. The first-order valence-electron chi connectivity index (χ1n) is 25.2. The van der Waals surface area contributed by atoms with Gasteiger partial charge in [0.15, 0.2) is 0 Å². The Balaban J connectivity index is 0.812. The van der Waals surface area contributed by atoms with E-state index in [1.807, 2.05) is 30.3 Å². The zero-order valence-electron chi connectivity index (χ0n) is 40.0. The lowest BCUT2D eigenvalue weighted by atomic mass is 9.65. The summed E-state index contributed by atoms with van der Waals surface area (Å²) in [7, 11) is 0. The predicted molar refractivity (Wildman–Crippen MR) is 299 cm³/mol. The van der Waals surface area contributed by atoms with Crippen molar-refractivity contribution in [1.29, 1.82) is 0 Å². The van der Waals surface area contributed by atoms with Crippen molar-refractivity contribution in [2.75, 3.05) is 0 Å². The van der Waals surface area contributed by atoms with Crippen molar-refractivity contribution in [1.82, 2.24) is 14.8 Å². The predicted octanol–water partition coefficient (Wildman–Crippen LogP) is 17.8.